The first-order chi connectivity index (χ1) is 5.70. The standard InChI is InChI=1S/C9H11N2O/c1-7(2)9(12)11-8-5-3-4-6-10-8/h3-7H,1-2H3/b11-8+. The Kier molecular flexibility index (Phi) is 2.80. The minimum Gasteiger partial charge on any atom is -0.272 e. The summed E-state index contributed by atoms with van der Waals surface area (Å²) in [5.41, 5.74) is 0. The van der Waals surface area contributed by atoms with E-state index in [0.29, 0.717) is 5.84 Å². The Morgan fingerprint density at radius 1 is 1.50 bits per heavy atom. The number of carbonyl (C=O) groups excluding carboxylic acids is 1. The maximum Gasteiger partial charge on any atom is 0.250 e. The molecule has 1 heterocycles. The number of rotatable bonds is 1. The molecule has 0 saturated heterocycles. The average Bonchev–Trinajstić information content (AvgIpc) is 2.06. The van der Waals surface area contributed by atoms with Crippen LogP contribution in [0.3, 0.4) is 0 Å². The van der Waals surface area contributed by atoms with Gasteiger partial charge in [-0.05, 0) is 12.2 Å². The number of hydrogen-bond donors (Lipinski definition) is 0. The number of amides is 1. The summed E-state index contributed by atoms with van der Waals surface area (Å²) in [5.74, 6) is 0.289. The monoisotopic (exact) mass is 163 g/mol. The van der Waals surface area contributed by atoms with Gasteiger partial charge in [0.1, 0.15) is 0 Å². The lowest BCUT2D eigenvalue weighted by atomic mass is 10.2. The molecule has 1 rings (SSSR count). The molecular formula is C9H11N2O. The highest BCUT2D eigenvalue weighted by atomic mass is 16.1. The smallest absolute Gasteiger partial charge is 0.250 e. The molecule has 0 bridgehead atoms. The second-order valence-corrected chi connectivity index (χ2v) is 2.79. The molecule has 3 heteroatoms. The van der Waals surface area contributed by atoms with Gasteiger partial charge in [0.15, 0.2) is 5.84 Å². The molecule has 1 aliphatic rings. The Labute approximate surface area is 71.9 Å². The van der Waals surface area contributed by atoms with E-state index in [4.69, 9.17) is 0 Å². The van der Waals surface area contributed by atoms with E-state index in [0.717, 1.165) is 0 Å². The van der Waals surface area contributed by atoms with Gasteiger partial charge in [-0.15, -0.1) is 0 Å². The molecule has 0 aliphatic carbocycles. The van der Waals surface area contributed by atoms with Crippen molar-refractivity contribution in [1.82, 2.24) is 5.32 Å². The van der Waals surface area contributed by atoms with Gasteiger partial charge < -0.3 is 0 Å². The van der Waals surface area contributed by atoms with Gasteiger partial charge in [-0.25, -0.2) is 5.32 Å². The zero-order valence-electron chi connectivity index (χ0n) is 7.19. The van der Waals surface area contributed by atoms with Crippen LogP contribution in [0.5, 0.6) is 0 Å². The van der Waals surface area contributed by atoms with Gasteiger partial charge in [0.25, 0.3) is 0 Å². The van der Waals surface area contributed by atoms with E-state index in [9.17, 15) is 4.79 Å². The van der Waals surface area contributed by atoms with Crippen LogP contribution in [0.4, 0.5) is 0 Å². The van der Waals surface area contributed by atoms with E-state index in [1.54, 1.807) is 24.4 Å². The number of carbonyl (C=O) groups is 1. The van der Waals surface area contributed by atoms with Gasteiger partial charge in [0.05, 0.1) is 0 Å². The summed E-state index contributed by atoms with van der Waals surface area (Å²) >= 11 is 0. The second-order valence-electron chi connectivity index (χ2n) is 2.79. The van der Waals surface area contributed by atoms with Crippen molar-refractivity contribution in [2.45, 2.75) is 13.8 Å². The second kappa shape index (κ2) is 3.85. The zero-order valence-corrected chi connectivity index (χ0v) is 7.19. The van der Waals surface area contributed by atoms with E-state index in [-0.39, 0.29) is 11.8 Å². The van der Waals surface area contributed by atoms with Crippen molar-refractivity contribution in [2.24, 2.45) is 10.9 Å². The van der Waals surface area contributed by atoms with Crippen LogP contribution in [-0.2, 0) is 4.79 Å². The Hall–Kier alpha value is -1.38. The van der Waals surface area contributed by atoms with Gasteiger partial charge in [-0.1, -0.05) is 19.9 Å². The molecule has 0 saturated carbocycles. The van der Waals surface area contributed by atoms with E-state index in [2.05, 4.69) is 10.3 Å². The Morgan fingerprint density at radius 3 is 2.75 bits per heavy atom. The lowest BCUT2D eigenvalue weighted by molar-refractivity contribution is -0.120. The lowest BCUT2D eigenvalue weighted by Crippen LogP contribution is -2.14. The predicted molar refractivity (Wildman–Crippen MR) is 47.7 cm³/mol. The van der Waals surface area contributed by atoms with Crippen molar-refractivity contribution in [3.05, 3.63) is 24.4 Å². The largest absolute Gasteiger partial charge is 0.272 e. The topological polar surface area (TPSA) is 43.5 Å². The molecule has 0 unspecified atom stereocenters. The number of allylic oxidation sites excluding steroid dienone is 2. The van der Waals surface area contributed by atoms with Crippen molar-refractivity contribution < 1.29 is 4.79 Å². The van der Waals surface area contributed by atoms with Gasteiger partial charge in [-0.2, -0.15) is 4.99 Å². The molecule has 1 amide bonds. The summed E-state index contributed by atoms with van der Waals surface area (Å²) in [6.07, 6.45) is 6.92. The van der Waals surface area contributed by atoms with Crippen molar-refractivity contribution in [1.29, 1.82) is 0 Å². The zero-order chi connectivity index (χ0) is 8.97. The molecule has 0 atom stereocenters. The quantitative estimate of drug-likeness (QED) is 0.573. The maximum absolute atomic E-state index is 11.1. The molecule has 0 aromatic carbocycles. The first-order valence-corrected chi connectivity index (χ1v) is 3.87. The fourth-order valence-corrected chi connectivity index (χ4v) is 0.662. The van der Waals surface area contributed by atoms with Gasteiger partial charge in [0, 0.05) is 12.1 Å². The third kappa shape index (κ3) is 2.34. The average molecular weight is 163 g/mol. The summed E-state index contributed by atoms with van der Waals surface area (Å²) in [7, 11) is 0. The lowest BCUT2D eigenvalue weighted by Gasteiger charge is -2.01. The fraction of sp³-hybridized carbons (Fsp3) is 0.333. The third-order valence-electron chi connectivity index (χ3n) is 1.37. The Morgan fingerprint density at radius 2 is 2.25 bits per heavy atom. The van der Waals surface area contributed by atoms with Gasteiger partial charge in [-0.3, -0.25) is 4.79 Å². The SMILES string of the molecule is CC(C)C(=O)/N=C1\C=CC=C[N]1. The number of amidine groups is 1. The molecule has 0 aromatic rings. The number of nitrogens with zero attached hydrogens (tertiary/aromatic N) is 2. The highest BCUT2D eigenvalue weighted by Crippen LogP contribution is 1.97. The van der Waals surface area contributed by atoms with Crippen molar-refractivity contribution in [2.75, 3.05) is 0 Å². The summed E-state index contributed by atoms with van der Waals surface area (Å²) in [4.78, 5) is 14.9. The maximum atomic E-state index is 11.1. The highest BCUT2D eigenvalue weighted by molar-refractivity contribution is 6.02. The molecule has 12 heavy (non-hydrogen) atoms. The van der Waals surface area contributed by atoms with Crippen LogP contribution in [0.2, 0.25) is 0 Å². The molecule has 3 nitrogen and oxygen atoms in total. The molecule has 0 aromatic heterocycles. The van der Waals surface area contributed by atoms with Crippen molar-refractivity contribution >= 4 is 11.7 Å². The predicted octanol–water partition coefficient (Wildman–Crippen LogP) is 1.26. The summed E-state index contributed by atoms with van der Waals surface area (Å²) < 4.78 is 0. The molecular weight excluding hydrogens is 152 g/mol. The van der Waals surface area contributed by atoms with E-state index in [1.165, 1.54) is 0 Å². The summed E-state index contributed by atoms with van der Waals surface area (Å²) in [5, 5.41) is 3.91. The van der Waals surface area contributed by atoms with Gasteiger partial charge >= 0.3 is 0 Å². The minimum atomic E-state index is -0.131. The summed E-state index contributed by atoms with van der Waals surface area (Å²) in [6.45, 7) is 3.63. The molecule has 1 aliphatic heterocycles. The first kappa shape index (κ1) is 8.71. The van der Waals surface area contributed by atoms with E-state index < -0.39 is 0 Å². The number of hydrogen-bond acceptors (Lipinski definition) is 1. The minimum absolute atomic E-state index is 0.0630. The van der Waals surface area contributed by atoms with Crippen molar-refractivity contribution in [3.63, 3.8) is 0 Å². The third-order valence-corrected chi connectivity index (χ3v) is 1.37. The van der Waals surface area contributed by atoms with Crippen molar-refractivity contribution in [3.8, 4) is 0 Å². The first-order valence-electron chi connectivity index (χ1n) is 3.87. The molecule has 1 radical (unpaired) electrons. The van der Waals surface area contributed by atoms with Crippen LogP contribution in [0.25, 0.3) is 0 Å². The number of aliphatic imine (C=N–C) groups is 1. The molecule has 0 fully saturated rings. The molecule has 63 valence electrons. The van der Waals surface area contributed by atoms with Crippen LogP contribution < -0.4 is 5.32 Å². The normalized spacial score (nSPS) is 18.4. The Bertz CT molecular complexity index is 262. The van der Waals surface area contributed by atoms with Crippen LogP contribution in [0.1, 0.15) is 13.8 Å². The van der Waals surface area contributed by atoms with Crippen LogP contribution in [0.15, 0.2) is 29.4 Å². The van der Waals surface area contributed by atoms with Crippen LogP contribution in [0, 0.1) is 5.92 Å². The summed E-state index contributed by atoms with van der Waals surface area (Å²) in [6, 6.07) is 0. The Balaban J connectivity index is 2.63. The molecule has 0 N–H and O–H groups in total. The van der Waals surface area contributed by atoms with Crippen LogP contribution in [-0.4, -0.2) is 11.7 Å². The van der Waals surface area contributed by atoms with E-state index >= 15 is 0 Å². The fourth-order valence-electron chi connectivity index (χ4n) is 0.662. The molecule has 0 spiro atoms. The van der Waals surface area contributed by atoms with Gasteiger partial charge in [0.2, 0.25) is 5.91 Å². The van der Waals surface area contributed by atoms with Crippen LogP contribution >= 0.6 is 0 Å². The van der Waals surface area contributed by atoms with E-state index in [1.807, 2.05) is 13.8 Å². The highest BCUT2D eigenvalue weighted by Gasteiger charge is 2.06.